The summed E-state index contributed by atoms with van der Waals surface area (Å²) < 4.78 is 26.7. The van der Waals surface area contributed by atoms with Crippen LogP contribution in [-0.2, 0) is 10.0 Å². The molecule has 0 saturated carbocycles. The second-order valence-corrected chi connectivity index (χ2v) is 5.37. The van der Waals surface area contributed by atoms with Crippen LogP contribution in [0.15, 0.2) is 47.5 Å². The van der Waals surface area contributed by atoms with Crippen LogP contribution in [0.1, 0.15) is 5.56 Å². The maximum Gasteiger partial charge on any atom is 0.265 e. The number of nitrogens with two attached hydrogens (primary N) is 1. The zero-order valence-electron chi connectivity index (χ0n) is 9.87. The third kappa shape index (κ3) is 2.84. The smallest absolute Gasteiger partial charge is 0.265 e. The van der Waals surface area contributed by atoms with Crippen molar-refractivity contribution in [1.29, 1.82) is 0 Å². The van der Waals surface area contributed by atoms with Crippen LogP contribution >= 0.6 is 0 Å². The third-order valence-electron chi connectivity index (χ3n) is 2.37. The van der Waals surface area contributed by atoms with E-state index in [2.05, 4.69) is 15.6 Å². The van der Waals surface area contributed by atoms with Crippen molar-refractivity contribution in [2.75, 3.05) is 10.5 Å². The maximum absolute atomic E-state index is 12.1. The molecule has 1 aromatic carbocycles. The summed E-state index contributed by atoms with van der Waals surface area (Å²) in [6.07, 6.45) is 6.68. The highest BCUT2D eigenvalue weighted by Gasteiger charge is 2.17. The van der Waals surface area contributed by atoms with Crippen LogP contribution in [-0.4, -0.2) is 13.4 Å². The van der Waals surface area contributed by atoms with Crippen molar-refractivity contribution in [3.05, 3.63) is 48.2 Å². The molecular weight excluding hydrogens is 262 g/mol. The summed E-state index contributed by atoms with van der Waals surface area (Å²) in [5.41, 5.74) is 6.51. The fraction of sp³-hybridized carbons (Fsp3) is 0. The average molecular weight is 273 g/mol. The predicted octanol–water partition coefficient (Wildman–Crippen LogP) is 1.45. The molecule has 96 valence electrons. The third-order valence-corrected chi connectivity index (χ3v) is 3.80. The molecule has 0 aliphatic heterocycles. The molecule has 0 spiro atoms. The summed E-state index contributed by atoms with van der Waals surface area (Å²) in [5.74, 6) is 2.38. The summed E-state index contributed by atoms with van der Waals surface area (Å²) in [7, 11) is -3.78. The minimum Gasteiger partial charge on any atom is -0.383 e. The number of rotatable bonds is 3. The van der Waals surface area contributed by atoms with Gasteiger partial charge in [0.25, 0.3) is 10.0 Å². The number of anilines is 2. The largest absolute Gasteiger partial charge is 0.383 e. The Bertz CT molecular complexity index is 748. The molecule has 0 aliphatic carbocycles. The van der Waals surface area contributed by atoms with Gasteiger partial charge < -0.3 is 5.73 Å². The Hall–Kier alpha value is -2.52. The van der Waals surface area contributed by atoms with E-state index in [1.54, 1.807) is 24.3 Å². The van der Waals surface area contributed by atoms with Crippen molar-refractivity contribution in [3.8, 4) is 12.3 Å². The summed E-state index contributed by atoms with van der Waals surface area (Å²) in [4.78, 5) is 3.68. The molecule has 0 aliphatic rings. The van der Waals surface area contributed by atoms with E-state index in [0.29, 0.717) is 11.3 Å². The van der Waals surface area contributed by atoms with E-state index in [1.807, 2.05) is 0 Å². The molecular formula is C13H11N3O2S. The SMILES string of the molecule is C#Cc1cccc(NS(=O)(=O)c2cccnc2N)c1. The van der Waals surface area contributed by atoms with Gasteiger partial charge in [-0.25, -0.2) is 13.4 Å². The molecule has 1 aromatic heterocycles. The lowest BCUT2D eigenvalue weighted by Crippen LogP contribution is -2.15. The van der Waals surface area contributed by atoms with Gasteiger partial charge in [0.05, 0.1) is 5.69 Å². The van der Waals surface area contributed by atoms with Crippen molar-refractivity contribution < 1.29 is 8.42 Å². The fourth-order valence-electron chi connectivity index (χ4n) is 1.51. The van der Waals surface area contributed by atoms with Crippen LogP contribution in [0.5, 0.6) is 0 Å². The molecule has 1 heterocycles. The summed E-state index contributed by atoms with van der Waals surface area (Å²) >= 11 is 0. The van der Waals surface area contributed by atoms with Gasteiger partial charge in [-0.3, -0.25) is 4.72 Å². The van der Waals surface area contributed by atoms with Gasteiger partial charge in [0.2, 0.25) is 0 Å². The summed E-state index contributed by atoms with van der Waals surface area (Å²) in [6, 6.07) is 9.42. The van der Waals surface area contributed by atoms with Crippen LogP contribution in [0.3, 0.4) is 0 Å². The Morgan fingerprint density at radius 1 is 1.26 bits per heavy atom. The van der Waals surface area contributed by atoms with E-state index in [1.165, 1.54) is 18.3 Å². The molecule has 6 heteroatoms. The van der Waals surface area contributed by atoms with Crippen LogP contribution in [0.25, 0.3) is 0 Å². The summed E-state index contributed by atoms with van der Waals surface area (Å²) in [6.45, 7) is 0. The number of nitrogens with one attached hydrogen (secondary N) is 1. The van der Waals surface area contributed by atoms with Crippen molar-refractivity contribution in [2.45, 2.75) is 4.90 Å². The van der Waals surface area contributed by atoms with E-state index in [0.717, 1.165) is 0 Å². The number of terminal acetylenes is 1. The Morgan fingerprint density at radius 2 is 2.05 bits per heavy atom. The second kappa shape index (κ2) is 5.00. The van der Waals surface area contributed by atoms with E-state index < -0.39 is 10.0 Å². The second-order valence-electron chi connectivity index (χ2n) is 3.72. The first kappa shape index (κ1) is 12.9. The van der Waals surface area contributed by atoms with Crippen LogP contribution in [0.2, 0.25) is 0 Å². The number of hydrogen-bond donors (Lipinski definition) is 2. The predicted molar refractivity (Wildman–Crippen MR) is 73.8 cm³/mol. The molecule has 0 radical (unpaired) electrons. The quantitative estimate of drug-likeness (QED) is 0.829. The first-order chi connectivity index (χ1) is 9.03. The van der Waals surface area contributed by atoms with Crippen LogP contribution in [0.4, 0.5) is 11.5 Å². The number of hydrogen-bond acceptors (Lipinski definition) is 4. The van der Waals surface area contributed by atoms with Gasteiger partial charge in [0.15, 0.2) is 0 Å². The molecule has 5 nitrogen and oxygen atoms in total. The van der Waals surface area contributed by atoms with Gasteiger partial charge in [0.1, 0.15) is 10.7 Å². The molecule has 0 saturated heterocycles. The van der Waals surface area contributed by atoms with E-state index in [9.17, 15) is 8.42 Å². The number of pyridine rings is 1. The molecule has 19 heavy (non-hydrogen) atoms. The monoisotopic (exact) mass is 273 g/mol. The number of benzene rings is 1. The van der Waals surface area contributed by atoms with Crippen molar-refractivity contribution in [3.63, 3.8) is 0 Å². The van der Waals surface area contributed by atoms with Gasteiger partial charge in [-0.05, 0) is 30.3 Å². The van der Waals surface area contributed by atoms with Gasteiger partial charge in [-0.15, -0.1) is 6.42 Å². The Labute approximate surface area is 111 Å². The van der Waals surface area contributed by atoms with E-state index in [-0.39, 0.29) is 10.7 Å². The van der Waals surface area contributed by atoms with Gasteiger partial charge in [0, 0.05) is 11.8 Å². The number of nitrogen functional groups attached to an aromatic ring is 1. The van der Waals surface area contributed by atoms with E-state index >= 15 is 0 Å². The highest BCUT2D eigenvalue weighted by Crippen LogP contribution is 2.19. The number of aromatic nitrogens is 1. The lowest BCUT2D eigenvalue weighted by atomic mass is 10.2. The van der Waals surface area contributed by atoms with Crippen LogP contribution in [0, 0.1) is 12.3 Å². The molecule has 2 rings (SSSR count). The highest BCUT2D eigenvalue weighted by molar-refractivity contribution is 7.92. The van der Waals surface area contributed by atoms with Crippen molar-refractivity contribution in [1.82, 2.24) is 4.98 Å². The zero-order valence-corrected chi connectivity index (χ0v) is 10.7. The number of nitrogens with zero attached hydrogens (tertiary/aromatic N) is 1. The lowest BCUT2D eigenvalue weighted by Gasteiger charge is -2.09. The topological polar surface area (TPSA) is 85.1 Å². The molecule has 0 fully saturated rings. The molecule has 2 aromatic rings. The minimum atomic E-state index is -3.78. The van der Waals surface area contributed by atoms with Gasteiger partial charge in [-0.2, -0.15) is 0 Å². The molecule has 0 amide bonds. The van der Waals surface area contributed by atoms with Crippen molar-refractivity contribution >= 4 is 21.5 Å². The first-order valence-electron chi connectivity index (χ1n) is 5.33. The summed E-state index contributed by atoms with van der Waals surface area (Å²) in [5, 5.41) is 0. The highest BCUT2D eigenvalue weighted by atomic mass is 32.2. The Kier molecular flexibility index (Phi) is 3.40. The van der Waals surface area contributed by atoms with Crippen LogP contribution < -0.4 is 10.5 Å². The minimum absolute atomic E-state index is 0.0527. The Balaban J connectivity index is 2.37. The Morgan fingerprint density at radius 3 is 2.74 bits per heavy atom. The fourth-order valence-corrected chi connectivity index (χ4v) is 2.65. The van der Waals surface area contributed by atoms with Gasteiger partial charge >= 0.3 is 0 Å². The number of sulfonamides is 1. The van der Waals surface area contributed by atoms with Gasteiger partial charge in [-0.1, -0.05) is 12.0 Å². The first-order valence-corrected chi connectivity index (χ1v) is 6.81. The molecule has 0 bridgehead atoms. The normalized spacial score (nSPS) is 10.7. The standard InChI is InChI=1S/C13H11N3O2S/c1-2-10-5-3-6-11(9-10)16-19(17,18)12-7-4-8-15-13(12)14/h1,3-9,16H,(H2,14,15). The zero-order chi connectivity index (χ0) is 13.9. The van der Waals surface area contributed by atoms with E-state index in [4.69, 9.17) is 12.2 Å². The molecule has 0 unspecified atom stereocenters. The van der Waals surface area contributed by atoms with Crippen molar-refractivity contribution in [2.24, 2.45) is 0 Å². The lowest BCUT2D eigenvalue weighted by molar-refractivity contribution is 0.601. The average Bonchev–Trinajstić information content (AvgIpc) is 2.38. The maximum atomic E-state index is 12.1. The molecule has 0 atom stereocenters. The molecule has 3 N–H and O–H groups in total.